The van der Waals surface area contributed by atoms with E-state index in [9.17, 15) is 27.2 Å². The third-order valence-corrected chi connectivity index (χ3v) is 5.42. The number of carbonyl (C=O) groups is 2. The van der Waals surface area contributed by atoms with Gasteiger partial charge in [-0.2, -0.15) is 13.2 Å². The quantitative estimate of drug-likeness (QED) is 0.616. The first-order valence-electron chi connectivity index (χ1n) is 9.52. The van der Waals surface area contributed by atoms with Gasteiger partial charge in [0.25, 0.3) is 5.91 Å². The van der Waals surface area contributed by atoms with Crippen molar-refractivity contribution in [1.29, 1.82) is 0 Å². The first-order valence-corrected chi connectivity index (χ1v) is 9.90. The molecule has 0 radical (unpaired) electrons. The Morgan fingerprint density at radius 1 is 1.13 bits per heavy atom. The highest BCUT2D eigenvalue weighted by Crippen LogP contribution is 2.34. The summed E-state index contributed by atoms with van der Waals surface area (Å²) in [5.74, 6) is -2.47. The van der Waals surface area contributed by atoms with Crippen LogP contribution in [0.5, 0.6) is 0 Å². The number of nitrogens with zero attached hydrogens (tertiary/aromatic N) is 3. The molecule has 0 aliphatic carbocycles. The number of piperazine rings is 1. The zero-order valence-corrected chi connectivity index (χ0v) is 17.7. The molecule has 2 atom stereocenters. The fraction of sp³-hybridized carbons (Fsp3) is 0.381. The Morgan fingerprint density at radius 2 is 1.74 bits per heavy atom. The Labute approximate surface area is 181 Å². The molecule has 2 heterocycles. The van der Waals surface area contributed by atoms with E-state index in [1.165, 1.54) is 23.2 Å². The minimum atomic E-state index is -4.48. The smallest absolute Gasteiger partial charge is 0.322 e. The summed E-state index contributed by atoms with van der Waals surface area (Å²) in [6, 6.07) is 3.83. The lowest BCUT2D eigenvalue weighted by atomic mass is 9.94. The molecule has 2 aromatic rings. The average Bonchev–Trinajstić information content (AvgIpc) is 2.68. The Hall–Kier alpha value is -2.68. The molecule has 166 valence electrons. The molecule has 0 spiro atoms. The average molecular weight is 458 g/mol. The summed E-state index contributed by atoms with van der Waals surface area (Å²) in [5.41, 5.74) is -0.357. The molecule has 0 bridgehead atoms. The van der Waals surface area contributed by atoms with E-state index in [-0.39, 0.29) is 16.8 Å². The number of aromatic nitrogens is 1. The number of anilines is 1. The molecule has 1 saturated heterocycles. The maximum absolute atomic E-state index is 14.4. The van der Waals surface area contributed by atoms with E-state index in [1.54, 1.807) is 20.8 Å². The Bertz CT molecular complexity index is 995. The lowest BCUT2D eigenvalue weighted by molar-refractivity contribution is -0.147. The lowest BCUT2D eigenvalue weighted by Crippen LogP contribution is -2.62. The number of rotatable bonds is 4. The molecule has 5 nitrogen and oxygen atoms in total. The number of alkyl halides is 3. The number of halogens is 5. The molecular weight excluding hydrogens is 438 g/mol. The van der Waals surface area contributed by atoms with E-state index in [1.807, 2.05) is 0 Å². The molecule has 31 heavy (non-hydrogen) atoms. The van der Waals surface area contributed by atoms with E-state index in [0.717, 1.165) is 23.1 Å². The molecule has 1 aliphatic rings. The number of hydrogen-bond acceptors (Lipinski definition) is 3. The van der Waals surface area contributed by atoms with E-state index >= 15 is 0 Å². The third kappa shape index (κ3) is 4.51. The first-order chi connectivity index (χ1) is 14.4. The molecule has 1 unspecified atom stereocenters. The minimum Gasteiger partial charge on any atom is -0.322 e. The molecule has 3 rings (SSSR count). The first kappa shape index (κ1) is 23.0. The van der Waals surface area contributed by atoms with E-state index in [0.29, 0.717) is 5.56 Å². The maximum Gasteiger partial charge on any atom is 0.416 e. The number of carbonyl (C=O) groups excluding carboxylic acids is 2. The number of hydrogen-bond donors (Lipinski definition) is 0. The van der Waals surface area contributed by atoms with Gasteiger partial charge in [-0.3, -0.25) is 14.5 Å². The van der Waals surface area contributed by atoms with Crippen LogP contribution in [0.2, 0.25) is 5.02 Å². The van der Waals surface area contributed by atoms with Crippen LogP contribution in [-0.4, -0.2) is 34.3 Å². The molecule has 2 amide bonds. The number of pyridine rings is 1. The SMILES string of the molecule is CC(C)[C@H]1C(=O)N(c2ncc(Cl)cc2F)CC(=O)N1C(C)c1ccc(C(F)(F)F)cc1. The van der Waals surface area contributed by atoms with Crippen molar-refractivity contribution in [3.8, 4) is 0 Å². The van der Waals surface area contributed by atoms with Crippen molar-refractivity contribution in [3.63, 3.8) is 0 Å². The van der Waals surface area contributed by atoms with Gasteiger partial charge in [-0.05, 0) is 36.6 Å². The molecule has 0 N–H and O–H groups in total. The van der Waals surface area contributed by atoms with Crippen molar-refractivity contribution in [1.82, 2.24) is 9.88 Å². The van der Waals surface area contributed by atoms with Crippen LogP contribution < -0.4 is 4.90 Å². The molecule has 1 fully saturated rings. The van der Waals surface area contributed by atoms with Gasteiger partial charge in [-0.1, -0.05) is 37.6 Å². The standard InChI is InChI=1S/C21H20ClF4N3O2/c1-11(2)18-20(31)28(19-16(23)8-15(22)9-27-19)10-17(30)29(18)12(3)13-4-6-14(7-5-13)21(24,25)26/h4-9,11-12,18H,10H2,1-3H3/t12?,18-/m0/s1. The molecule has 1 aromatic heterocycles. The molecule has 10 heteroatoms. The van der Waals surface area contributed by atoms with Gasteiger partial charge in [0.1, 0.15) is 12.6 Å². The Balaban J connectivity index is 1.94. The highest BCUT2D eigenvalue weighted by molar-refractivity contribution is 6.30. The topological polar surface area (TPSA) is 53.5 Å². The summed E-state index contributed by atoms with van der Waals surface area (Å²) in [5, 5.41) is 0.0509. The van der Waals surface area contributed by atoms with Crippen LogP contribution >= 0.6 is 11.6 Å². The van der Waals surface area contributed by atoms with Crippen molar-refractivity contribution in [3.05, 3.63) is 58.5 Å². The Kier molecular flexibility index (Phi) is 6.27. The van der Waals surface area contributed by atoms with Gasteiger partial charge in [0, 0.05) is 6.20 Å². The van der Waals surface area contributed by atoms with Gasteiger partial charge in [0.2, 0.25) is 5.91 Å². The zero-order chi connectivity index (χ0) is 23.1. The van der Waals surface area contributed by atoms with Crippen LogP contribution in [0, 0.1) is 11.7 Å². The molecular formula is C21H20ClF4N3O2. The zero-order valence-electron chi connectivity index (χ0n) is 17.0. The van der Waals surface area contributed by atoms with Crippen LogP contribution in [0.3, 0.4) is 0 Å². The number of benzene rings is 1. The third-order valence-electron chi connectivity index (χ3n) is 5.21. The Morgan fingerprint density at radius 3 is 2.26 bits per heavy atom. The van der Waals surface area contributed by atoms with E-state index in [2.05, 4.69) is 4.98 Å². The fourth-order valence-corrected chi connectivity index (χ4v) is 3.83. The summed E-state index contributed by atoms with van der Waals surface area (Å²) in [6.45, 7) is 4.66. The van der Waals surface area contributed by atoms with Crippen LogP contribution in [0.1, 0.15) is 37.9 Å². The van der Waals surface area contributed by atoms with Crippen LogP contribution in [0.15, 0.2) is 36.5 Å². The van der Waals surface area contributed by atoms with Gasteiger partial charge in [0.15, 0.2) is 11.6 Å². The number of amides is 2. The summed E-state index contributed by atoms with van der Waals surface area (Å²) in [4.78, 5) is 32.4. The second-order valence-electron chi connectivity index (χ2n) is 7.67. The fourth-order valence-electron chi connectivity index (χ4n) is 3.69. The predicted molar refractivity (Wildman–Crippen MR) is 107 cm³/mol. The highest BCUT2D eigenvalue weighted by Gasteiger charge is 2.45. The summed E-state index contributed by atoms with van der Waals surface area (Å²) < 4.78 is 52.9. The molecule has 1 aromatic carbocycles. The maximum atomic E-state index is 14.4. The molecule has 0 saturated carbocycles. The second kappa shape index (κ2) is 8.45. The van der Waals surface area contributed by atoms with Gasteiger partial charge in [0.05, 0.1) is 16.6 Å². The monoisotopic (exact) mass is 457 g/mol. The summed E-state index contributed by atoms with van der Waals surface area (Å²) in [6.07, 6.45) is -3.30. The van der Waals surface area contributed by atoms with Gasteiger partial charge >= 0.3 is 6.18 Å². The van der Waals surface area contributed by atoms with Gasteiger partial charge in [-0.15, -0.1) is 0 Å². The van der Waals surface area contributed by atoms with Crippen molar-refractivity contribution < 1.29 is 27.2 Å². The van der Waals surface area contributed by atoms with Crippen molar-refractivity contribution in [2.45, 2.75) is 39.0 Å². The minimum absolute atomic E-state index is 0.0509. The van der Waals surface area contributed by atoms with Crippen molar-refractivity contribution in [2.24, 2.45) is 5.92 Å². The van der Waals surface area contributed by atoms with Crippen LogP contribution in [-0.2, 0) is 15.8 Å². The van der Waals surface area contributed by atoms with E-state index in [4.69, 9.17) is 11.6 Å². The second-order valence-corrected chi connectivity index (χ2v) is 8.11. The normalized spacial score (nSPS) is 18.7. The largest absolute Gasteiger partial charge is 0.416 e. The van der Waals surface area contributed by atoms with Crippen molar-refractivity contribution in [2.75, 3.05) is 11.4 Å². The van der Waals surface area contributed by atoms with Gasteiger partial charge in [-0.25, -0.2) is 9.37 Å². The summed E-state index contributed by atoms with van der Waals surface area (Å²) in [7, 11) is 0. The van der Waals surface area contributed by atoms with Crippen LogP contribution in [0.4, 0.5) is 23.4 Å². The summed E-state index contributed by atoms with van der Waals surface area (Å²) >= 11 is 5.72. The highest BCUT2D eigenvalue weighted by atomic mass is 35.5. The van der Waals surface area contributed by atoms with Gasteiger partial charge < -0.3 is 4.90 Å². The lowest BCUT2D eigenvalue weighted by Gasteiger charge is -2.44. The van der Waals surface area contributed by atoms with E-state index < -0.39 is 48.0 Å². The predicted octanol–water partition coefficient (Wildman–Crippen LogP) is 4.85. The molecule has 1 aliphatic heterocycles. The van der Waals surface area contributed by atoms with Crippen molar-refractivity contribution >= 4 is 29.2 Å². The van der Waals surface area contributed by atoms with Crippen LogP contribution in [0.25, 0.3) is 0 Å².